The van der Waals surface area contributed by atoms with Crippen molar-refractivity contribution in [3.8, 4) is 0 Å². The van der Waals surface area contributed by atoms with Gasteiger partial charge in [0.25, 0.3) is 0 Å². The summed E-state index contributed by atoms with van der Waals surface area (Å²) in [5, 5.41) is 2.71. The van der Waals surface area contributed by atoms with E-state index in [0.29, 0.717) is 6.07 Å². The second kappa shape index (κ2) is 8.10. The number of piperidine rings is 1. The highest BCUT2D eigenvalue weighted by Crippen LogP contribution is 2.27. The number of nitrogens with one attached hydrogen (secondary N) is 1. The van der Waals surface area contributed by atoms with E-state index in [1.54, 1.807) is 0 Å². The summed E-state index contributed by atoms with van der Waals surface area (Å²) in [7, 11) is -4.23. The molecule has 1 amide bonds. The van der Waals surface area contributed by atoms with Gasteiger partial charge in [-0.25, -0.2) is 21.6 Å². The average Bonchev–Trinajstić information content (AvgIpc) is 2.66. The molecule has 0 bridgehead atoms. The Kier molecular flexibility index (Phi) is 5.97. The summed E-state index contributed by atoms with van der Waals surface area (Å²) in [5.41, 5.74) is -0.0608. The molecule has 1 aliphatic rings. The van der Waals surface area contributed by atoms with Crippen molar-refractivity contribution >= 4 is 33.2 Å². The van der Waals surface area contributed by atoms with Crippen LogP contribution in [0.4, 0.5) is 18.9 Å². The van der Waals surface area contributed by atoms with Crippen molar-refractivity contribution in [3.63, 3.8) is 0 Å². The van der Waals surface area contributed by atoms with Crippen molar-refractivity contribution in [3.05, 3.63) is 58.9 Å². The van der Waals surface area contributed by atoms with E-state index in [1.807, 2.05) is 0 Å². The molecule has 0 aliphatic carbocycles. The van der Waals surface area contributed by atoms with Crippen LogP contribution in [0.5, 0.6) is 0 Å². The summed E-state index contributed by atoms with van der Waals surface area (Å²) in [6.07, 6.45) is 0.314. The summed E-state index contributed by atoms with van der Waals surface area (Å²) in [6, 6.07) is 5.97. The molecular weight excluding hydrogens is 417 g/mol. The number of carbonyl (C=O) groups is 1. The predicted octanol–water partition coefficient (Wildman–Crippen LogP) is 3.80. The monoisotopic (exact) mass is 432 g/mol. The average molecular weight is 433 g/mol. The van der Waals surface area contributed by atoms with Crippen LogP contribution >= 0.6 is 11.6 Å². The Morgan fingerprint density at radius 2 is 1.68 bits per heavy atom. The zero-order chi connectivity index (χ0) is 20.5. The van der Waals surface area contributed by atoms with Crippen molar-refractivity contribution in [2.75, 3.05) is 18.4 Å². The maximum absolute atomic E-state index is 13.9. The highest BCUT2D eigenvalue weighted by molar-refractivity contribution is 7.89. The van der Waals surface area contributed by atoms with Crippen molar-refractivity contribution < 1.29 is 26.4 Å². The minimum atomic E-state index is -4.23. The third-order valence-electron chi connectivity index (χ3n) is 4.52. The molecule has 0 unspecified atom stereocenters. The number of hydrogen-bond donors (Lipinski definition) is 1. The minimum Gasteiger partial charge on any atom is -0.323 e. The zero-order valence-electron chi connectivity index (χ0n) is 14.5. The lowest BCUT2D eigenvalue weighted by Crippen LogP contribution is -2.41. The first kappa shape index (κ1) is 20.6. The van der Waals surface area contributed by atoms with Gasteiger partial charge in [0.1, 0.15) is 22.3 Å². The molecule has 0 radical (unpaired) electrons. The summed E-state index contributed by atoms with van der Waals surface area (Å²) in [5.74, 6) is -3.56. The molecule has 28 heavy (non-hydrogen) atoms. The van der Waals surface area contributed by atoms with Crippen molar-refractivity contribution in [2.45, 2.75) is 17.7 Å². The predicted molar refractivity (Wildman–Crippen MR) is 97.9 cm³/mol. The molecule has 150 valence electrons. The Labute approximate surface area is 165 Å². The van der Waals surface area contributed by atoms with Gasteiger partial charge in [-0.05, 0) is 49.2 Å². The first-order valence-electron chi connectivity index (χ1n) is 8.39. The van der Waals surface area contributed by atoms with Crippen LogP contribution < -0.4 is 5.32 Å². The highest BCUT2D eigenvalue weighted by atomic mass is 35.5. The van der Waals surface area contributed by atoms with E-state index >= 15 is 0 Å². The Balaban J connectivity index is 1.67. The number of amides is 1. The van der Waals surface area contributed by atoms with Gasteiger partial charge >= 0.3 is 0 Å². The largest absolute Gasteiger partial charge is 0.323 e. The van der Waals surface area contributed by atoms with Gasteiger partial charge in [0.15, 0.2) is 0 Å². The summed E-state index contributed by atoms with van der Waals surface area (Å²) >= 11 is 5.79. The van der Waals surface area contributed by atoms with E-state index in [2.05, 4.69) is 5.32 Å². The topological polar surface area (TPSA) is 66.5 Å². The fraction of sp³-hybridized carbons (Fsp3) is 0.278. The third kappa shape index (κ3) is 4.31. The SMILES string of the molecule is O=C(Nc1cc(Cl)ccc1F)C1CCN(S(=O)(=O)c2cc(F)ccc2F)CC1. The summed E-state index contributed by atoms with van der Waals surface area (Å²) < 4.78 is 67.1. The quantitative estimate of drug-likeness (QED) is 0.799. The Hall–Kier alpha value is -2.10. The molecule has 0 saturated carbocycles. The number of benzene rings is 2. The molecule has 1 fully saturated rings. The fourth-order valence-electron chi connectivity index (χ4n) is 3.00. The summed E-state index contributed by atoms with van der Waals surface area (Å²) in [6.45, 7) is -0.0944. The minimum absolute atomic E-state index is 0.0472. The maximum Gasteiger partial charge on any atom is 0.246 e. The van der Waals surface area contributed by atoms with Gasteiger partial charge in [-0.15, -0.1) is 0 Å². The molecule has 1 heterocycles. The molecule has 2 aromatic rings. The van der Waals surface area contributed by atoms with E-state index in [9.17, 15) is 26.4 Å². The summed E-state index contributed by atoms with van der Waals surface area (Å²) in [4.78, 5) is 11.6. The number of sulfonamides is 1. The Morgan fingerprint density at radius 1 is 1.04 bits per heavy atom. The zero-order valence-corrected chi connectivity index (χ0v) is 16.0. The van der Waals surface area contributed by atoms with Crippen molar-refractivity contribution in [1.82, 2.24) is 4.31 Å². The van der Waals surface area contributed by atoms with Crippen LogP contribution in [-0.2, 0) is 14.8 Å². The molecule has 1 saturated heterocycles. The van der Waals surface area contributed by atoms with E-state index in [1.165, 1.54) is 12.1 Å². The molecule has 10 heteroatoms. The normalized spacial score (nSPS) is 16.1. The standard InChI is InChI=1S/C18H16ClF3N2O3S/c19-12-1-3-14(21)16(9-12)23-18(25)11-5-7-24(8-6-11)28(26,27)17-10-13(20)2-4-15(17)22/h1-4,9-11H,5-8H2,(H,23,25). The van der Waals surface area contributed by atoms with Gasteiger partial charge in [-0.1, -0.05) is 11.6 Å². The molecule has 1 aliphatic heterocycles. The molecule has 0 aromatic heterocycles. The Morgan fingerprint density at radius 3 is 2.36 bits per heavy atom. The van der Waals surface area contributed by atoms with Gasteiger partial charge in [0.05, 0.1) is 5.69 Å². The molecule has 2 aromatic carbocycles. The second-order valence-corrected chi connectivity index (χ2v) is 8.71. The molecular formula is C18H16ClF3N2O3S. The van der Waals surface area contributed by atoms with Crippen LogP contribution in [0.15, 0.2) is 41.3 Å². The van der Waals surface area contributed by atoms with Gasteiger partial charge in [0, 0.05) is 24.0 Å². The lowest BCUT2D eigenvalue weighted by Gasteiger charge is -2.30. The maximum atomic E-state index is 13.9. The first-order chi connectivity index (χ1) is 13.2. The van der Waals surface area contributed by atoms with Crippen LogP contribution in [0.25, 0.3) is 0 Å². The van der Waals surface area contributed by atoms with Gasteiger partial charge in [-0.3, -0.25) is 4.79 Å². The number of anilines is 1. The molecule has 3 rings (SSSR count). The lowest BCUT2D eigenvalue weighted by atomic mass is 9.97. The van der Waals surface area contributed by atoms with E-state index in [4.69, 9.17) is 11.6 Å². The Bertz CT molecular complexity index is 1010. The van der Waals surface area contributed by atoms with Crippen molar-refractivity contribution in [1.29, 1.82) is 0 Å². The number of nitrogens with zero attached hydrogens (tertiary/aromatic N) is 1. The molecule has 5 nitrogen and oxygen atoms in total. The first-order valence-corrected chi connectivity index (χ1v) is 10.2. The molecule has 1 N–H and O–H groups in total. The van der Waals surface area contributed by atoms with E-state index in [0.717, 1.165) is 22.5 Å². The van der Waals surface area contributed by atoms with E-state index < -0.39 is 44.2 Å². The molecule has 0 atom stereocenters. The van der Waals surface area contributed by atoms with E-state index in [-0.39, 0.29) is 36.6 Å². The van der Waals surface area contributed by atoms with Crippen LogP contribution in [0.2, 0.25) is 5.02 Å². The van der Waals surface area contributed by atoms with Gasteiger partial charge in [-0.2, -0.15) is 4.31 Å². The van der Waals surface area contributed by atoms with Gasteiger partial charge < -0.3 is 5.32 Å². The van der Waals surface area contributed by atoms with Crippen LogP contribution in [0.3, 0.4) is 0 Å². The van der Waals surface area contributed by atoms with Crippen LogP contribution in [-0.4, -0.2) is 31.7 Å². The number of carbonyl (C=O) groups excluding carboxylic acids is 1. The number of halogens is 4. The number of hydrogen-bond acceptors (Lipinski definition) is 3. The van der Waals surface area contributed by atoms with Crippen LogP contribution in [0, 0.1) is 23.4 Å². The van der Waals surface area contributed by atoms with Gasteiger partial charge in [0.2, 0.25) is 15.9 Å². The lowest BCUT2D eigenvalue weighted by molar-refractivity contribution is -0.120. The van der Waals surface area contributed by atoms with Crippen molar-refractivity contribution in [2.24, 2.45) is 5.92 Å². The second-order valence-electron chi connectivity index (χ2n) is 6.37. The number of rotatable bonds is 4. The smallest absolute Gasteiger partial charge is 0.246 e. The van der Waals surface area contributed by atoms with Crippen LogP contribution in [0.1, 0.15) is 12.8 Å². The third-order valence-corrected chi connectivity index (χ3v) is 6.67. The fourth-order valence-corrected chi connectivity index (χ4v) is 4.72. The molecule has 0 spiro atoms. The highest BCUT2D eigenvalue weighted by Gasteiger charge is 2.34.